The molecule has 0 spiro atoms. The first-order valence-corrected chi connectivity index (χ1v) is 6.87. The number of aliphatic hydroxyl groups excluding tert-OH is 1. The summed E-state index contributed by atoms with van der Waals surface area (Å²) in [5, 5.41) is 17.4. The lowest BCUT2D eigenvalue weighted by Crippen LogP contribution is -2.10. The molecule has 4 nitrogen and oxygen atoms in total. The zero-order valence-electron chi connectivity index (χ0n) is 10.7. The number of nitrogens with zero attached hydrogens (tertiary/aromatic N) is 3. The van der Waals surface area contributed by atoms with E-state index in [2.05, 4.69) is 17.2 Å². The fraction of sp³-hybridized carbons (Fsp3) is 0.846. The molecule has 1 aliphatic carbocycles. The van der Waals surface area contributed by atoms with Crippen LogP contribution in [-0.2, 0) is 19.6 Å². The highest BCUT2D eigenvalue weighted by Crippen LogP contribution is 2.27. The van der Waals surface area contributed by atoms with Crippen molar-refractivity contribution in [3.05, 3.63) is 11.4 Å². The third-order valence-electron chi connectivity index (χ3n) is 3.88. The molecule has 0 aliphatic heterocycles. The maximum Gasteiger partial charge on any atom is 0.111 e. The molecule has 1 aromatic rings. The van der Waals surface area contributed by atoms with Gasteiger partial charge < -0.3 is 5.11 Å². The van der Waals surface area contributed by atoms with Crippen molar-refractivity contribution < 1.29 is 5.11 Å². The van der Waals surface area contributed by atoms with Gasteiger partial charge in [0.1, 0.15) is 5.69 Å². The van der Waals surface area contributed by atoms with E-state index in [-0.39, 0.29) is 6.61 Å². The number of hydrogen-bond donors (Lipinski definition) is 1. The summed E-state index contributed by atoms with van der Waals surface area (Å²) in [6.45, 7) is 2.92. The zero-order valence-corrected chi connectivity index (χ0v) is 10.7. The Morgan fingerprint density at radius 3 is 2.71 bits per heavy atom. The Bertz CT molecular complexity index is 321. The van der Waals surface area contributed by atoms with Crippen LogP contribution in [0.2, 0.25) is 0 Å². The second kappa shape index (κ2) is 6.15. The number of aromatic nitrogens is 3. The van der Waals surface area contributed by atoms with Crippen LogP contribution in [0, 0.1) is 5.92 Å². The Morgan fingerprint density at radius 1 is 1.29 bits per heavy atom. The molecule has 0 atom stereocenters. The van der Waals surface area contributed by atoms with Crippen molar-refractivity contribution in [3.63, 3.8) is 0 Å². The third-order valence-corrected chi connectivity index (χ3v) is 3.88. The van der Waals surface area contributed by atoms with Gasteiger partial charge in [-0.1, -0.05) is 37.3 Å². The van der Waals surface area contributed by atoms with Crippen LogP contribution in [0.15, 0.2) is 0 Å². The highest BCUT2D eigenvalue weighted by molar-refractivity contribution is 5.09. The Labute approximate surface area is 103 Å². The summed E-state index contributed by atoms with van der Waals surface area (Å²) in [7, 11) is 0. The van der Waals surface area contributed by atoms with Crippen LogP contribution in [0.25, 0.3) is 0 Å². The largest absolute Gasteiger partial charge is 0.390 e. The topological polar surface area (TPSA) is 50.9 Å². The molecule has 1 aliphatic rings. The van der Waals surface area contributed by atoms with E-state index in [4.69, 9.17) is 0 Å². The van der Waals surface area contributed by atoms with E-state index in [1.54, 1.807) is 0 Å². The number of aryl methyl sites for hydroxylation is 1. The second-order valence-corrected chi connectivity index (χ2v) is 5.00. The van der Waals surface area contributed by atoms with Crippen molar-refractivity contribution in [1.82, 2.24) is 15.0 Å². The Kier molecular flexibility index (Phi) is 4.54. The third kappa shape index (κ3) is 3.06. The molecule has 0 bridgehead atoms. The molecule has 1 N–H and O–H groups in total. The normalized spacial score (nSPS) is 17.5. The van der Waals surface area contributed by atoms with Gasteiger partial charge in [-0.2, -0.15) is 0 Å². The molecule has 17 heavy (non-hydrogen) atoms. The molecule has 1 heterocycles. The average molecular weight is 237 g/mol. The average Bonchev–Trinajstić information content (AvgIpc) is 2.79. The van der Waals surface area contributed by atoms with E-state index in [0.717, 1.165) is 30.3 Å². The van der Waals surface area contributed by atoms with E-state index in [1.807, 2.05) is 4.68 Å². The first-order chi connectivity index (χ1) is 8.35. The monoisotopic (exact) mass is 237 g/mol. The Morgan fingerprint density at radius 2 is 2.06 bits per heavy atom. The molecule has 2 rings (SSSR count). The van der Waals surface area contributed by atoms with Crippen LogP contribution in [0.1, 0.15) is 56.8 Å². The number of rotatable bonds is 5. The first-order valence-electron chi connectivity index (χ1n) is 6.87. The van der Waals surface area contributed by atoms with Gasteiger partial charge in [-0.25, -0.2) is 4.68 Å². The van der Waals surface area contributed by atoms with Gasteiger partial charge in [0.2, 0.25) is 0 Å². The van der Waals surface area contributed by atoms with Crippen LogP contribution in [-0.4, -0.2) is 20.1 Å². The summed E-state index contributed by atoms with van der Waals surface area (Å²) in [4.78, 5) is 0. The Balaban J connectivity index is 1.94. The molecule has 1 saturated carbocycles. The first kappa shape index (κ1) is 12.6. The predicted octanol–water partition coefficient (Wildman–Crippen LogP) is 2.30. The lowest BCUT2D eigenvalue weighted by Gasteiger charge is -2.21. The summed E-state index contributed by atoms with van der Waals surface area (Å²) in [5.41, 5.74) is 1.91. The summed E-state index contributed by atoms with van der Waals surface area (Å²) in [5.74, 6) is 0.871. The van der Waals surface area contributed by atoms with E-state index < -0.39 is 0 Å². The fourth-order valence-corrected chi connectivity index (χ4v) is 2.84. The van der Waals surface area contributed by atoms with E-state index in [0.29, 0.717) is 0 Å². The predicted molar refractivity (Wildman–Crippen MR) is 66.5 cm³/mol. The molecular weight excluding hydrogens is 214 g/mol. The molecular formula is C13H23N3O. The molecule has 96 valence electrons. The van der Waals surface area contributed by atoms with Crippen molar-refractivity contribution in [2.24, 2.45) is 5.92 Å². The summed E-state index contributed by atoms with van der Waals surface area (Å²) in [6, 6.07) is 0. The van der Waals surface area contributed by atoms with Gasteiger partial charge >= 0.3 is 0 Å². The van der Waals surface area contributed by atoms with Crippen molar-refractivity contribution in [2.45, 2.75) is 65.0 Å². The lowest BCUT2D eigenvalue weighted by atomic mass is 9.85. The van der Waals surface area contributed by atoms with Gasteiger partial charge in [-0.3, -0.25) is 0 Å². The van der Waals surface area contributed by atoms with Crippen LogP contribution in [0.4, 0.5) is 0 Å². The number of hydrogen-bond acceptors (Lipinski definition) is 3. The fourth-order valence-electron chi connectivity index (χ4n) is 2.84. The van der Waals surface area contributed by atoms with E-state index in [9.17, 15) is 5.11 Å². The number of aliphatic hydroxyl groups is 1. The smallest absolute Gasteiger partial charge is 0.111 e. The summed E-state index contributed by atoms with van der Waals surface area (Å²) >= 11 is 0. The minimum atomic E-state index is 0.0139. The van der Waals surface area contributed by atoms with Crippen LogP contribution in [0.5, 0.6) is 0 Å². The maximum absolute atomic E-state index is 9.25. The van der Waals surface area contributed by atoms with Crippen LogP contribution >= 0.6 is 0 Å². The molecule has 1 aromatic heterocycles. The molecule has 0 radical (unpaired) electrons. The maximum atomic E-state index is 9.25. The molecule has 0 saturated heterocycles. The summed E-state index contributed by atoms with van der Waals surface area (Å²) < 4.78 is 1.92. The molecule has 0 unspecified atom stereocenters. The second-order valence-electron chi connectivity index (χ2n) is 5.00. The van der Waals surface area contributed by atoms with E-state index >= 15 is 0 Å². The molecule has 0 aromatic carbocycles. The van der Waals surface area contributed by atoms with Gasteiger partial charge in [-0.05, 0) is 25.7 Å². The van der Waals surface area contributed by atoms with Crippen molar-refractivity contribution in [3.8, 4) is 0 Å². The van der Waals surface area contributed by atoms with Crippen LogP contribution in [0.3, 0.4) is 0 Å². The quantitative estimate of drug-likeness (QED) is 0.855. The van der Waals surface area contributed by atoms with Gasteiger partial charge in [0, 0.05) is 6.54 Å². The van der Waals surface area contributed by atoms with Gasteiger partial charge in [0.25, 0.3) is 0 Å². The SMILES string of the molecule is CCn1nnc(CO)c1CCC1CCCCC1. The summed E-state index contributed by atoms with van der Waals surface area (Å²) in [6.07, 6.45) is 9.19. The minimum Gasteiger partial charge on any atom is -0.390 e. The van der Waals surface area contributed by atoms with Gasteiger partial charge in [-0.15, -0.1) is 5.10 Å². The minimum absolute atomic E-state index is 0.0139. The molecule has 4 heteroatoms. The standard InChI is InChI=1S/C13H23N3O/c1-2-16-13(12(10-17)14-15-16)9-8-11-6-4-3-5-7-11/h11,17H,2-10H2,1H3. The highest BCUT2D eigenvalue weighted by Gasteiger charge is 2.16. The highest BCUT2D eigenvalue weighted by atomic mass is 16.3. The van der Waals surface area contributed by atoms with Gasteiger partial charge in [0.15, 0.2) is 0 Å². The van der Waals surface area contributed by atoms with Gasteiger partial charge in [0.05, 0.1) is 12.3 Å². The van der Waals surface area contributed by atoms with Crippen LogP contribution < -0.4 is 0 Å². The molecule has 0 amide bonds. The zero-order chi connectivity index (χ0) is 12.1. The van der Waals surface area contributed by atoms with Crippen molar-refractivity contribution >= 4 is 0 Å². The lowest BCUT2D eigenvalue weighted by molar-refractivity contribution is 0.274. The van der Waals surface area contributed by atoms with Crippen molar-refractivity contribution in [1.29, 1.82) is 0 Å². The van der Waals surface area contributed by atoms with Crippen molar-refractivity contribution in [2.75, 3.05) is 0 Å². The van der Waals surface area contributed by atoms with E-state index in [1.165, 1.54) is 38.5 Å². The molecule has 1 fully saturated rings. The Hall–Kier alpha value is -0.900.